The van der Waals surface area contributed by atoms with E-state index in [2.05, 4.69) is 12.6 Å². The van der Waals surface area contributed by atoms with Crippen molar-refractivity contribution in [3.05, 3.63) is 47.0 Å². The molecule has 0 aliphatic carbocycles. The van der Waals surface area contributed by atoms with E-state index in [4.69, 9.17) is 17.3 Å². The van der Waals surface area contributed by atoms with Crippen LogP contribution in [0.2, 0.25) is 5.02 Å². The minimum absolute atomic E-state index is 0.0870. The molecule has 76 valence electrons. The predicted octanol–water partition coefficient (Wildman–Crippen LogP) is 3.61. The minimum Gasteiger partial charge on any atom is -0.324 e. The Bertz CT molecular complexity index is 320. The Hall–Kier alpha value is -0.790. The average molecular weight is 210 g/mol. The molecule has 0 amide bonds. The van der Waals surface area contributed by atoms with Crippen molar-refractivity contribution >= 4 is 11.6 Å². The quantitative estimate of drug-likeness (QED) is 0.754. The molecule has 0 aliphatic heterocycles. The van der Waals surface area contributed by atoms with Crippen LogP contribution in [0.25, 0.3) is 0 Å². The number of benzene rings is 1. The molecule has 0 heterocycles. The van der Waals surface area contributed by atoms with E-state index >= 15 is 0 Å². The van der Waals surface area contributed by atoms with Crippen LogP contribution in [0.4, 0.5) is 0 Å². The molecule has 1 aromatic rings. The van der Waals surface area contributed by atoms with E-state index in [1.807, 2.05) is 25.1 Å². The molecule has 1 nitrogen and oxygen atoms in total. The van der Waals surface area contributed by atoms with E-state index in [0.29, 0.717) is 0 Å². The molecule has 0 saturated carbocycles. The van der Waals surface area contributed by atoms with E-state index in [-0.39, 0.29) is 6.04 Å². The van der Waals surface area contributed by atoms with Gasteiger partial charge in [-0.1, -0.05) is 29.8 Å². The second kappa shape index (κ2) is 5.18. The summed E-state index contributed by atoms with van der Waals surface area (Å²) in [6.45, 7) is 5.67. The van der Waals surface area contributed by atoms with Crippen LogP contribution >= 0.6 is 11.6 Å². The van der Waals surface area contributed by atoms with Gasteiger partial charge in [-0.15, -0.1) is 6.58 Å². The summed E-state index contributed by atoms with van der Waals surface area (Å²) in [4.78, 5) is 0. The van der Waals surface area contributed by atoms with Crippen molar-refractivity contribution in [1.82, 2.24) is 0 Å². The van der Waals surface area contributed by atoms with E-state index in [0.717, 1.165) is 29.0 Å². The van der Waals surface area contributed by atoms with Crippen molar-refractivity contribution in [2.24, 2.45) is 5.73 Å². The van der Waals surface area contributed by atoms with Crippen molar-refractivity contribution in [2.45, 2.75) is 25.8 Å². The predicted molar refractivity (Wildman–Crippen MR) is 62.5 cm³/mol. The Kier molecular flexibility index (Phi) is 4.18. The van der Waals surface area contributed by atoms with Gasteiger partial charge in [0.25, 0.3) is 0 Å². The normalized spacial score (nSPS) is 12.5. The third-order valence-electron chi connectivity index (χ3n) is 2.29. The fourth-order valence-electron chi connectivity index (χ4n) is 1.36. The highest BCUT2D eigenvalue weighted by molar-refractivity contribution is 6.31. The van der Waals surface area contributed by atoms with Crippen molar-refractivity contribution in [2.75, 3.05) is 0 Å². The number of hydrogen-bond donors (Lipinski definition) is 1. The van der Waals surface area contributed by atoms with Gasteiger partial charge >= 0.3 is 0 Å². The van der Waals surface area contributed by atoms with Crippen molar-refractivity contribution in [1.29, 1.82) is 0 Å². The van der Waals surface area contributed by atoms with Gasteiger partial charge in [-0.05, 0) is 37.0 Å². The number of hydrogen-bond acceptors (Lipinski definition) is 1. The first-order valence-electron chi connectivity index (χ1n) is 4.77. The van der Waals surface area contributed by atoms with Gasteiger partial charge in [0.1, 0.15) is 0 Å². The maximum Gasteiger partial charge on any atom is 0.0435 e. The zero-order valence-corrected chi connectivity index (χ0v) is 9.22. The first kappa shape index (κ1) is 11.3. The summed E-state index contributed by atoms with van der Waals surface area (Å²) in [5.41, 5.74) is 8.24. The molecule has 0 saturated heterocycles. The van der Waals surface area contributed by atoms with Gasteiger partial charge in [0.15, 0.2) is 0 Å². The lowest BCUT2D eigenvalue weighted by molar-refractivity contribution is 0.661. The number of allylic oxidation sites excluding steroid dienone is 1. The fourth-order valence-corrected chi connectivity index (χ4v) is 1.48. The monoisotopic (exact) mass is 209 g/mol. The molecule has 1 unspecified atom stereocenters. The fraction of sp³-hybridized carbons (Fsp3) is 0.333. The van der Waals surface area contributed by atoms with Crippen LogP contribution in [-0.2, 0) is 0 Å². The Morgan fingerprint density at radius 1 is 1.57 bits per heavy atom. The lowest BCUT2D eigenvalue weighted by atomic mass is 10.0. The minimum atomic E-state index is 0.0870. The SMILES string of the molecule is C=CCCC(N)c1ccc(Cl)c(C)c1. The zero-order valence-electron chi connectivity index (χ0n) is 8.46. The highest BCUT2D eigenvalue weighted by Gasteiger charge is 2.05. The molecule has 0 aromatic heterocycles. The van der Waals surface area contributed by atoms with Crippen LogP contribution in [0.5, 0.6) is 0 Å². The highest BCUT2D eigenvalue weighted by Crippen LogP contribution is 2.22. The molecule has 0 spiro atoms. The molecule has 1 atom stereocenters. The van der Waals surface area contributed by atoms with Crippen LogP contribution < -0.4 is 5.73 Å². The van der Waals surface area contributed by atoms with Gasteiger partial charge < -0.3 is 5.73 Å². The summed E-state index contributed by atoms with van der Waals surface area (Å²) in [5, 5.41) is 0.796. The standard InChI is InChI=1S/C12H16ClN/c1-3-4-5-12(14)10-6-7-11(13)9(2)8-10/h3,6-8,12H,1,4-5,14H2,2H3. The third kappa shape index (κ3) is 2.86. The second-order valence-electron chi connectivity index (χ2n) is 3.48. The first-order valence-corrected chi connectivity index (χ1v) is 5.15. The maximum atomic E-state index is 6.01. The molecular formula is C12H16ClN. The molecular weight excluding hydrogens is 194 g/mol. The summed E-state index contributed by atoms with van der Waals surface area (Å²) in [6, 6.07) is 6.03. The summed E-state index contributed by atoms with van der Waals surface area (Å²) in [6.07, 6.45) is 3.77. The van der Waals surface area contributed by atoms with Gasteiger partial charge in [-0.3, -0.25) is 0 Å². The molecule has 2 heteroatoms. The summed E-state index contributed by atoms with van der Waals surface area (Å²) in [7, 11) is 0. The van der Waals surface area contributed by atoms with Gasteiger partial charge in [0.2, 0.25) is 0 Å². The number of halogens is 1. The number of rotatable bonds is 4. The van der Waals surface area contributed by atoms with Crippen LogP contribution in [-0.4, -0.2) is 0 Å². The molecule has 2 N–H and O–H groups in total. The molecule has 0 radical (unpaired) electrons. The smallest absolute Gasteiger partial charge is 0.0435 e. The lowest BCUT2D eigenvalue weighted by Gasteiger charge is -2.11. The molecule has 1 rings (SSSR count). The first-order chi connectivity index (χ1) is 6.65. The van der Waals surface area contributed by atoms with Crippen molar-refractivity contribution < 1.29 is 0 Å². The van der Waals surface area contributed by atoms with Gasteiger partial charge in [-0.25, -0.2) is 0 Å². The van der Waals surface area contributed by atoms with Crippen molar-refractivity contribution in [3.8, 4) is 0 Å². The van der Waals surface area contributed by atoms with Crippen molar-refractivity contribution in [3.63, 3.8) is 0 Å². The average Bonchev–Trinajstić information content (AvgIpc) is 2.18. The second-order valence-corrected chi connectivity index (χ2v) is 3.89. The Morgan fingerprint density at radius 3 is 2.86 bits per heavy atom. The van der Waals surface area contributed by atoms with Gasteiger partial charge in [0.05, 0.1) is 0 Å². The third-order valence-corrected chi connectivity index (χ3v) is 2.72. The topological polar surface area (TPSA) is 26.0 Å². The molecule has 1 aromatic carbocycles. The number of nitrogens with two attached hydrogens (primary N) is 1. The van der Waals surface area contributed by atoms with Gasteiger partial charge in [0, 0.05) is 11.1 Å². The lowest BCUT2D eigenvalue weighted by Crippen LogP contribution is -2.09. The molecule has 14 heavy (non-hydrogen) atoms. The Labute approximate surface area is 90.6 Å². The van der Waals surface area contributed by atoms with Crippen LogP contribution in [0, 0.1) is 6.92 Å². The van der Waals surface area contributed by atoms with Crippen LogP contribution in [0.15, 0.2) is 30.9 Å². The highest BCUT2D eigenvalue weighted by atomic mass is 35.5. The van der Waals surface area contributed by atoms with Gasteiger partial charge in [-0.2, -0.15) is 0 Å². The maximum absolute atomic E-state index is 6.01. The largest absolute Gasteiger partial charge is 0.324 e. The van der Waals surface area contributed by atoms with E-state index < -0.39 is 0 Å². The van der Waals surface area contributed by atoms with E-state index in [9.17, 15) is 0 Å². The summed E-state index contributed by atoms with van der Waals surface area (Å²) < 4.78 is 0. The van der Waals surface area contributed by atoms with Crippen LogP contribution in [0.3, 0.4) is 0 Å². The summed E-state index contributed by atoms with van der Waals surface area (Å²) in [5.74, 6) is 0. The van der Waals surface area contributed by atoms with E-state index in [1.165, 1.54) is 0 Å². The van der Waals surface area contributed by atoms with Crippen LogP contribution in [0.1, 0.15) is 30.0 Å². The molecule has 0 bridgehead atoms. The molecule has 0 fully saturated rings. The number of aryl methyl sites for hydroxylation is 1. The van der Waals surface area contributed by atoms with E-state index in [1.54, 1.807) is 0 Å². The summed E-state index contributed by atoms with van der Waals surface area (Å²) >= 11 is 5.93. The molecule has 0 aliphatic rings. The Balaban J connectivity index is 2.75. The zero-order chi connectivity index (χ0) is 10.6. The Morgan fingerprint density at radius 2 is 2.29 bits per heavy atom.